The van der Waals surface area contributed by atoms with E-state index in [0.717, 1.165) is 34.9 Å². The first kappa shape index (κ1) is 36.6. The Balaban J connectivity index is 1.34. The van der Waals surface area contributed by atoms with Crippen molar-refractivity contribution in [3.63, 3.8) is 0 Å². The predicted molar refractivity (Wildman–Crippen MR) is 209 cm³/mol. The number of aromatic hydroxyl groups is 1. The summed E-state index contributed by atoms with van der Waals surface area (Å²) >= 11 is 1.70. The summed E-state index contributed by atoms with van der Waals surface area (Å²) in [5.41, 5.74) is 1.55. The lowest BCUT2D eigenvalue weighted by Crippen LogP contribution is -2.05. The van der Waals surface area contributed by atoms with Gasteiger partial charge in [0.25, 0.3) is 0 Å². The smallest absolute Gasteiger partial charge is 0.191 e. The van der Waals surface area contributed by atoms with E-state index in [1.54, 1.807) is 17.8 Å². The molecule has 0 radical (unpaired) electrons. The number of phenolic OH excluding ortho intramolecular Hbond substituents is 1. The second kappa shape index (κ2) is 19.5. The molecular formula is C43H55N3O2S. The van der Waals surface area contributed by atoms with Crippen molar-refractivity contribution >= 4 is 33.3 Å². The highest BCUT2D eigenvalue weighted by molar-refractivity contribution is 7.99. The Bertz CT molecular complexity index is 1760. The fourth-order valence-corrected chi connectivity index (χ4v) is 7.65. The van der Waals surface area contributed by atoms with Gasteiger partial charge in [-0.2, -0.15) is 0 Å². The van der Waals surface area contributed by atoms with Crippen LogP contribution in [-0.2, 0) is 0 Å². The molecule has 6 heteroatoms. The summed E-state index contributed by atoms with van der Waals surface area (Å²) < 4.78 is 6.05. The van der Waals surface area contributed by atoms with Gasteiger partial charge in [-0.1, -0.05) is 158 Å². The van der Waals surface area contributed by atoms with E-state index in [0.29, 0.717) is 40.6 Å². The zero-order chi connectivity index (χ0) is 34.3. The van der Waals surface area contributed by atoms with Crippen molar-refractivity contribution in [2.45, 2.75) is 116 Å². The molecule has 0 aliphatic heterocycles. The lowest BCUT2D eigenvalue weighted by Gasteiger charge is -2.15. The van der Waals surface area contributed by atoms with Gasteiger partial charge in [0.2, 0.25) is 0 Å². The van der Waals surface area contributed by atoms with E-state index >= 15 is 0 Å². The first-order valence-electron chi connectivity index (χ1n) is 18.9. The molecule has 1 N–H and O–H groups in total. The van der Waals surface area contributed by atoms with Gasteiger partial charge in [0.15, 0.2) is 16.8 Å². The summed E-state index contributed by atoms with van der Waals surface area (Å²) in [6, 6.07) is 24.6. The van der Waals surface area contributed by atoms with Crippen LogP contribution < -0.4 is 4.74 Å². The number of aromatic nitrogens is 3. The third-order valence-electron chi connectivity index (χ3n) is 9.59. The molecule has 5 rings (SSSR count). The third-order valence-corrected chi connectivity index (χ3v) is 10.7. The molecular weight excluding hydrogens is 623 g/mol. The average Bonchev–Trinajstić information content (AvgIpc) is 3.13. The number of benzene rings is 4. The molecule has 0 bridgehead atoms. The Morgan fingerprint density at radius 3 is 1.96 bits per heavy atom. The van der Waals surface area contributed by atoms with Crippen LogP contribution in [0, 0.1) is 5.92 Å². The van der Waals surface area contributed by atoms with E-state index in [2.05, 4.69) is 75.4 Å². The minimum atomic E-state index is 0.117. The number of ether oxygens (including phenoxy) is 1. The fourth-order valence-electron chi connectivity index (χ4n) is 6.56. The Labute approximate surface area is 298 Å². The van der Waals surface area contributed by atoms with Crippen LogP contribution in [0.2, 0.25) is 0 Å². The Morgan fingerprint density at radius 2 is 1.27 bits per heavy atom. The normalized spacial score (nSPS) is 12.1. The van der Waals surface area contributed by atoms with Gasteiger partial charge in [-0.15, -0.1) is 0 Å². The summed E-state index contributed by atoms with van der Waals surface area (Å²) in [5, 5.41) is 16.6. The van der Waals surface area contributed by atoms with Crippen molar-refractivity contribution in [2.24, 2.45) is 5.92 Å². The highest BCUT2D eigenvalue weighted by Gasteiger charge is 2.18. The second-order valence-electron chi connectivity index (χ2n) is 13.4. The highest BCUT2D eigenvalue weighted by Crippen LogP contribution is 2.37. The number of hydrogen-bond acceptors (Lipinski definition) is 6. The quantitative estimate of drug-likeness (QED) is 0.0473. The lowest BCUT2D eigenvalue weighted by molar-refractivity contribution is 0.302. The summed E-state index contributed by atoms with van der Waals surface area (Å²) in [6.45, 7) is 7.44. The van der Waals surface area contributed by atoms with Gasteiger partial charge in [-0.25, -0.2) is 15.0 Å². The van der Waals surface area contributed by atoms with Crippen molar-refractivity contribution in [1.82, 2.24) is 15.0 Å². The van der Waals surface area contributed by atoms with Crippen molar-refractivity contribution in [3.8, 4) is 34.3 Å². The molecule has 0 aliphatic rings. The van der Waals surface area contributed by atoms with E-state index in [-0.39, 0.29) is 5.75 Å². The van der Waals surface area contributed by atoms with Crippen molar-refractivity contribution in [1.29, 1.82) is 0 Å². The van der Waals surface area contributed by atoms with Gasteiger partial charge in [-0.3, -0.25) is 0 Å². The SMILES string of the molecule is CCCCCCCCCCCCOc1ccc(-c2nc(SCC(CC)CCCC)nc(-c3cc4ccccc4c4ccccc34)n2)c(O)c1. The molecule has 5 nitrogen and oxygen atoms in total. The molecule has 0 saturated heterocycles. The predicted octanol–water partition coefficient (Wildman–Crippen LogP) is 12.8. The largest absolute Gasteiger partial charge is 0.507 e. The molecule has 4 aromatic carbocycles. The molecule has 0 amide bonds. The first-order valence-corrected chi connectivity index (χ1v) is 19.9. The molecule has 1 heterocycles. The summed E-state index contributed by atoms with van der Waals surface area (Å²) in [7, 11) is 0. The molecule has 0 fully saturated rings. The number of unbranched alkanes of at least 4 members (excludes halogenated alkanes) is 10. The maximum Gasteiger partial charge on any atom is 0.191 e. The van der Waals surface area contributed by atoms with Gasteiger partial charge in [0.1, 0.15) is 11.5 Å². The maximum atomic E-state index is 11.3. The molecule has 49 heavy (non-hydrogen) atoms. The van der Waals surface area contributed by atoms with E-state index in [9.17, 15) is 5.11 Å². The Hall–Kier alpha value is -3.64. The Morgan fingerprint density at radius 1 is 0.633 bits per heavy atom. The molecule has 0 saturated carbocycles. The summed E-state index contributed by atoms with van der Waals surface area (Å²) in [6.07, 6.45) is 17.7. The van der Waals surface area contributed by atoms with Gasteiger partial charge in [0, 0.05) is 17.4 Å². The van der Waals surface area contributed by atoms with Crippen molar-refractivity contribution in [3.05, 3.63) is 72.8 Å². The molecule has 260 valence electrons. The summed E-state index contributed by atoms with van der Waals surface area (Å²) in [5.74, 6) is 3.45. The van der Waals surface area contributed by atoms with Crippen LogP contribution in [0.25, 0.3) is 44.3 Å². The molecule has 1 unspecified atom stereocenters. The van der Waals surface area contributed by atoms with Crippen LogP contribution in [0.4, 0.5) is 0 Å². The fraction of sp³-hybridized carbons (Fsp3) is 0.465. The number of nitrogens with zero attached hydrogens (tertiary/aromatic N) is 3. The summed E-state index contributed by atoms with van der Waals surface area (Å²) in [4.78, 5) is 15.0. The molecule has 1 atom stereocenters. The zero-order valence-corrected chi connectivity index (χ0v) is 30.7. The minimum absolute atomic E-state index is 0.117. The van der Waals surface area contributed by atoms with Crippen molar-refractivity contribution < 1.29 is 9.84 Å². The number of thioether (sulfide) groups is 1. The molecule has 0 aliphatic carbocycles. The van der Waals surface area contributed by atoms with Crippen LogP contribution in [0.1, 0.15) is 111 Å². The third kappa shape index (κ3) is 10.4. The minimum Gasteiger partial charge on any atom is -0.507 e. The molecule has 0 spiro atoms. The van der Waals surface area contributed by atoms with Gasteiger partial charge < -0.3 is 9.84 Å². The van der Waals surface area contributed by atoms with Crippen LogP contribution in [0.15, 0.2) is 78.0 Å². The Kier molecular flexibility index (Phi) is 14.6. The van der Waals surface area contributed by atoms with E-state index in [4.69, 9.17) is 19.7 Å². The van der Waals surface area contributed by atoms with Crippen LogP contribution >= 0.6 is 11.8 Å². The maximum absolute atomic E-state index is 11.3. The van der Waals surface area contributed by atoms with Crippen LogP contribution in [0.3, 0.4) is 0 Å². The monoisotopic (exact) mass is 677 g/mol. The lowest BCUT2D eigenvalue weighted by atomic mass is 9.97. The number of phenols is 1. The first-order chi connectivity index (χ1) is 24.1. The number of rotatable bonds is 21. The van der Waals surface area contributed by atoms with Gasteiger partial charge >= 0.3 is 0 Å². The van der Waals surface area contributed by atoms with Crippen LogP contribution in [0.5, 0.6) is 11.5 Å². The number of fused-ring (bicyclic) bond motifs is 3. The topological polar surface area (TPSA) is 68.1 Å². The average molecular weight is 678 g/mol. The number of hydrogen-bond donors (Lipinski definition) is 1. The van der Waals surface area contributed by atoms with Gasteiger partial charge in [0.05, 0.1) is 12.2 Å². The van der Waals surface area contributed by atoms with Crippen LogP contribution in [-0.4, -0.2) is 32.4 Å². The van der Waals surface area contributed by atoms with E-state index < -0.39 is 0 Å². The standard InChI is InChI=1S/C43H55N3O2S/c1-4-7-9-10-11-12-13-14-15-20-28-48-34-26-27-38(40(47)30-34)41-44-42(46-43(45-41)49-31-32(6-3)21-8-5-2)39-29-33-22-16-17-23-35(33)36-24-18-19-25-37(36)39/h16-19,22-27,29-30,32,47H,4-15,20-21,28,31H2,1-3H3. The van der Waals surface area contributed by atoms with Gasteiger partial charge in [-0.05, 0) is 58.5 Å². The molecule has 5 aromatic rings. The van der Waals surface area contributed by atoms with E-state index in [1.165, 1.54) is 87.8 Å². The molecule has 1 aromatic heterocycles. The van der Waals surface area contributed by atoms with E-state index in [1.807, 2.05) is 12.1 Å². The highest BCUT2D eigenvalue weighted by atomic mass is 32.2. The second-order valence-corrected chi connectivity index (χ2v) is 14.4. The zero-order valence-electron chi connectivity index (χ0n) is 29.9. The van der Waals surface area contributed by atoms with Crippen molar-refractivity contribution in [2.75, 3.05) is 12.4 Å².